The zero-order valence-corrected chi connectivity index (χ0v) is 36.3. The molecule has 0 atom stereocenters. The first-order valence-corrected chi connectivity index (χ1v) is 28.9. The first-order valence-electron chi connectivity index (χ1n) is 19.5. The van der Waals surface area contributed by atoms with Crippen LogP contribution in [-0.4, -0.2) is 17.7 Å². The summed E-state index contributed by atoms with van der Waals surface area (Å²) in [6.45, 7) is 8.69. The third-order valence-electron chi connectivity index (χ3n) is 8.25. The van der Waals surface area contributed by atoms with Gasteiger partial charge in [0.1, 0.15) is 0 Å². The van der Waals surface area contributed by atoms with E-state index in [1.54, 1.807) is 0 Å². The van der Waals surface area contributed by atoms with E-state index in [1.165, 1.54) is 173 Å². The van der Waals surface area contributed by atoms with E-state index in [-0.39, 0.29) is 14.9 Å². The highest BCUT2D eigenvalue weighted by Crippen LogP contribution is 2.27. The fourth-order valence-corrected chi connectivity index (χ4v) is 8.81. The van der Waals surface area contributed by atoms with Crippen molar-refractivity contribution in [2.75, 3.05) is 0 Å². The Hall–Kier alpha value is 1.32. The average Bonchev–Trinajstić information content (AvgIpc) is 3.01. The van der Waals surface area contributed by atoms with Crippen molar-refractivity contribution >= 4 is 68.3 Å². The smallest absolute Gasteiger partial charge is 0.386 e. The third-order valence-corrected chi connectivity index (χ3v) is 13.0. The molecular formula is C40H85Cl5OSi2. The monoisotopic (exact) mass is 812 g/mol. The second kappa shape index (κ2) is 48.3. The quantitative estimate of drug-likeness (QED) is 0.0297. The first kappa shape index (κ1) is 58.6. The molecule has 8 heteroatoms. The maximum atomic E-state index is 9.30. The molecule has 1 nitrogen and oxygen atoms in total. The minimum absolute atomic E-state index is 0. The minimum atomic E-state index is -2.82. The average molecular weight is 816 g/mol. The highest BCUT2D eigenvalue weighted by atomic mass is 35.8. The SMILES string of the molecule is C.C.C=CCCCCCCCCCCCCCCCC[Si](Cl)(Cl)Cl.C=CCCCCCCCCCCCCCCCC[Si](O)(Cl)Cl.CC. The van der Waals surface area contributed by atoms with Crippen molar-refractivity contribution < 1.29 is 4.80 Å². The van der Waals surface area contributed by atoms with Crippen LogP contribution in [0.1, 0.15) is 221 Å². The topological polar surface area (TPSA) is 20.2 Å². The van der Waals surface area contributed by atoms with Gasteiger partial charge in [0.2, 0.25) is 0 Å². The maximum Gasteiger partial charge on any atom is 0.386 e. The van der Waals surface area contributed by atoms with Crippen molar-refractivity contribution in [2.24, 2.45) is 0 Å². The molecule has 0 radical (unpaired) electrons. The van der Waals surface area contributed by atoms with Crippen molar-refractivity contribution in [3.8, 4) is 0 Å². The van der Waals surface area contributed by atoms with Gasteiger partial charge < -0.3 is 4.80 Å². The van der Waals surface area contributed by atoms with E-state index in [9.17, 15) is 4.80 Å². The van der Waals surface area contributed by atoms with Gasteiger partial charge in [-0.1, -0.05) is 208 Å². The number of halogens is 5. The molecule has 0 spiro atoms. The molecule has 0 aliphatic carbocycles. The Labute approximate surface area is 329 Å². The maximum absolute atomic E-state index is 9.30. The summed E-state index contributed by atoms with van der Waals surface area (Å²) < 4.78 is 0. The van der Waals surface area contributed by atoms with Gasteiger partial charge in [0.25, 0.3) is 0 Å². The van der Waals surface area contributed by atoms with E-state index >= 15 is 0 Å². The number of hydrogen-bond acceptors (Lipinski definition) is 1. The molecule has 0 amide bonds. The number of allylic oxidation sites excluding steroid dienone is 2. The van der Waals surface area contributed by atoms with Crippen molar-refractivity contribution in [1.29, 1.82) is 0 Å². The normalized spacial score (nSPS) is 10.9. The predicted molar refractivity (Wildman–Crippen MR) is 236 cm³/mol. The van der Waals surface area contributed by atoms with Gasteiger partial charge in [0.15, 0.2) is 0 Å². The molecule has 0 aliphatic rings. The Bertz CT molecular complexity index is 533. The fraction of sp³-hybridized carbons (Fsp3) is 0.900. The van der Waals surface area contributed by atoms with Gasteiger partial charge in [-0.15, -0.1) is 68.6 Å². The predicted octanol–water partition coefficient (Wildman–Crippen LogP) is 18.4. The van der Waals surface area contributed by atoms with E-state index in [0.717, 1.165) is 25.3 Å². The molecule has 0 unspecified atom stereocenters. The lowest BCUT2D eigenvalue weighted by atomic mass is 10.0. The highest BCUT2D eigenvalue weighted by molar-refractivity contribution is 7.64. The van der Waals surface area contributed by atoms with Crippen LogP contribution in [0.4, 0.5) is 0 Å². The van der Waals surface area contributed by atoms with E-state index in [1.807, 2.05) is 26.0 Å². The number of hydrogen-bond donors (Lipinski definition) is 1. The van der Waals surface area contributed by atoms with Gasteiger partial charge in [-0.05, 0) is 37.8 Å². The summed E-state index contributed by atoms with van der Waals surface area (Å²) in [6.07, 6.45) is 44.0. The second-order valence-electron chi connectivity index (χ2n) is 12.8. The number of unbranched alkanes of at least 4 members (excludes halogenated alkanes) is 28. The van der Waals surface area contributed by atoms with Crippen LogP contribution in [0.5, 0.6) is 0 Å². The van der Waals surface area contributed by atoms with Crippen LogP contribution in [0.2, 0.25) is 12.1 Å². The molecule has 1 N–H and O–H groups in total. The summed E-state index contributed by atoms with van der Waals surface area (Å²) in [5.41, 5.74) is 0. The van der Waals surface area contributed by atoms with Gasteiger partial charge in [0, 0.05) is 0 Å². The van der Waals surface area contributed by atoms with Gasteiger partial charge >= 0.3 is 12.9 Å². The lowest BCUT2D eigenvalue weighted by Crippen LogP contribution is -2.17. The zero-order chi connectivity index (χ0) is 35.0. The van der Waals surface area contributed by atoms with Crippen LogP contribution in [0.3, 0.4) is 0 Å². The van der Waals surface area contributed by atoms with Crippen LogP contribution in [-0.2, 0) is 0 Å². The summed E-state index contributed by atoms with van der Waals surface area (Å²) in [7, 11) is 0. The Kier molecular flexibility index (Phi) is 59.0. The van der Waals surface area contributed by atoms with E-state index < -0.39 is 12.9 Å². The Morgan fingerprint density at radius 3 is 0.750 bits per heavy atom. The molecule has 0 aromatic rings. The van der Waals surface area contributed by atoms with Crippen LogP contribution in [0.25, 0.3) is 0 Å². The second-order valence-corrected chi connectivity index (χ2v) is 28.3. The van der Waals surface area contributed by atoms with Gasteiger partial charge in [-0.2, -0.15) is 0 Å². The lowest BCUT2D eigenvalue weighted by Gasteiger charge is -2.07. The molecular weight excluding hydrogens is 730 g/mol. The van der Waals surface area contributed by atoms with Crippen LogP contribution in [0.15, 0.2) is 25.3 Å². The molecule has 0 fully saturated rings. The summed E-state index contributed by atoms with van der Waals surface area (Å²) >= 11 is 28.9. The molecule has 0 aromatic carbocycles. The summed E-state index contributed by atoms with van der Waals surface area (Å²) in [5, 5.41) is 0. The van der Waals surface area contributed by atoms with Crippen LogP contribution < -0.4 is 0 Å². The summed E-state index contributed by atoms with van der Waals surface area (Å²) in [5.74, 6) is 0. The standard InChI is InChI=1S/C18H35Cl3Si.C18H36Cl2OSi.C2H6.2CH4/c2*1-2-3-4-5-6-7-8-9-10-11-12-13-14-15-16-17-18-22(19,20)21;1-2;;/h2H,1,3-18H2;2,21H,1,3-18H2;1-2H3;2*1H4. The van der Waals surface area contributed by atoms with E-state index in [4.69, 9.17) is 55.4 Å². The van der Waals surface area contributed by atoms with Gasteiger partial charge in [0.05, 0.1) is 0 Å². The molecule has 294 valence electrons. The van der Waals surface area contributed by atoms with Crippen molar-refractivity contribution in [2.45, 2.75) is 233 Å². The van der Waals surface area contributed by atoms with E-state index in [0.29, 0.717) is 6.04 Å². The van der Waals surface area contributed by atoms with Crippen molar-refractivity contribution in [3.63, 3.8) is 0 Å². The van der Waals surface area contributed by atoms with E-state index in [2.05, 4.69) is 13.2 Å². The Balaban J connectivity index is -0.000000235. The van der Waals surface area contributed by atoms with Crippen LogP contribution >= 0.6 is 55.4 Å². The minimum Gasteiger partial charge on any atom is -0.409 e. The lowest BCUT2D eigenvalue weighted by molar-refractivity contribution is 0.533. The highest BCUT2D eigenvalue weighted by Gasteiger charge is 2.24. The first-order chi connectivity index (χ1) is 22.1. The summed E-state index contributed by atoms with van der Waals surface area (Å²) in [4.78, 5) is 9.30. The molecule has 0 heterocycles. The molecule has 0 aromatic heterocycles. The molecule has 0 saturated heterocycles. The van der Waals surface area contributed by atoms with Gasteiger partial charge in [-0.3, -0.25) is 0 Å². The van der Waals surface area contributed by atoms with Crippen LogP contribution in [0, 0.1) is 0 Å². The molecule has 0 aliphatic heterocycles. The molecule has 0 rings (SSSR count). The molecule has 0 bridgehead atoms. The van der Waals surface area contributed by atoms with Crippen molar-refractivity contribution in [3.05, 3.63) is 25.3 Å². The molecule has 0 saturated carbocycles. The van der Waals surface area contributed by atoms with Gasteiger partial charge in [-0.25, -0.2) is 0 Å². The Morgan fingerprint density at radius 2 is 0.562 bits per heavy atom. The van der Waals surface area contributed by atoms with Crippen molar-refractivity contribution in [1.82, 2.24) is 0 Å². The number of rotatable bonds is 34. The third kappa shape index (κ3) is 65.7. The zero-order valence-electron chi connectivity index (χ0n) is 30.5. The molecule has 48 heavy (non-hydrogen) atoms. The fourth-order valence-electron chi connectivity index (χ4n) is 5.48. The largest absolute Gasteiger partial charge is 0.409 e. The Morgan fingerprint density at radius 1 is 0.375 bits per heavy atom. The summed E-state index contributed by atoms with van der Waals surface area (Å²) in [6, 6.07) is -0.913.